The van der Waals surface area contributed by atoms with Crippen molar-refractivity contribution >= 4 is 27.5 Å². The number of hydrogen-bond acceptors (Lipinski definition) is 3. The molecule has 1 aliphatic rings. The minimum Gasteiger partial charge on any atom is -0.318 e. The summed E-state index contributed by atoms with van der Waals surface area (Å²) in [7, 11) is 0. The molecule has 0 radical (unpaired) electrons. The van der Waals surface area contributed by atoms with Crippen LogP contribution in [0.3, 0.4) is 0 Å². The number of alkyl halides is 4. The molecule has 1 unspecified atom stereocenters. The molecule has 3 aromatic rings. The Hall–Kier alpha value is -3.19. The molecule has 1 saturated carbocycles. The third-order valence-electron chi connectivity index (χ3n) is 5.58. The Balaban J connectivity index is 1.64. The van der Waals surface area contributed by atoms with Crippen LogP contribution in [0.25, 0.3) is 5.69 Å². The quantitative estimate of drug-likeness (QED) is 0.268. The van der Waals surface area contributed by atoms with Crippen LogP contribution in [-0.2, 0) is 6.18 Å². The minimum atomic E-state index is -4.80. The van der Waals surface area contributed by atoms with Gasteiger partial charge >= 0.3 is 6.18 Å². The number of carbonyl (C=O) groups is 1. The molecule has 1 amide bonds. The summed E-state index contributed by atoms with van der Waals surface area (Å²) >= 11 is 3.59. The molecule has 0 spiro atoms. The second-order valence-electron chi connectivity index (χ2n) is 8.17. The lowest BCUT2D eigenvalue weighted by atomic mass is 10.1. The fraction of sp³-hybridized carbons (Fsp3) is 0.292. The van der Waals surface area contributed by atoms with Crippen LogP contribution in [0.15, 0.2) is 48.5 Å². The molecule has 0 saturated heterocycles. The van der Waals surface area contributed by atoms with Gasteiger partial charge in [-0.25, -0.2) is 9.07 Å². The molecule has 34 heavy (non-hydrogen) atoms. The molecule has 10 heteroatoms. The molecule has 0 bridgehead atoms. The Morgan fingerprint density at radius 2 is 2.00 bits per heavy atom. The van der Waals surface area contributed by atoms with E-state index >= 15 is 0 Å². The molecule has 4 rings (SSSR count). The van der Waals surface area contributed by atoms with Crippen LogP contribution in [-0.4, -0.2) is 15.7 Å². The molecule has 1 heterocycles. The largest absolute Gasteiger partial charge is 0.435 e. The van der Waals surface area contributed by atoms with Gasteiger partial charge < -0.3 is 5.32 Å². The van der Waals surface area contributed by atoms with Crippen LogP contribution in [0.5, 0.6) is 0 Å². The molecule has 176 valence electrons. The van der Waals surface area contributed by atoms with Gasteiger partial charge in [-0.1, -0.05) is 40.9 Å². The molecule has 1 N–H and O–H groups in total. The van der Waals surface area contributed by atoms with Gasteiger partial charge in [-0.05, 0) is 54.7 Å². The topological polar surface area (TPSA) is 70.7 Å². The SMILES string of the molecule is N#Cc1cccc(-n2nc(C(F)(F)F)cc2C(=O)Nc2cc(C(Br)CCC3CC3)ccc2F)c1. The smallest absolute Gasteiger partial charge is 0.318 e. The summed E-state index contributed by atoms with van der Waals surface area (Å²) < 4.78 is 55.3. The van der Waals surface area contributed by atoms with E-state index in [1.165, 1.54) is 49.2 Å². The third kappa shape index (κ3) is 5.47. The third-order valence-corrected chi connectivity index (χ3v) is 6.56. The van der Waals surface area contributed by atoms with Gasteiger partial charge in [0.1, 0.15) is 11.5 Å². The fourth-order valence-electron chi connectivity index (χ4n) is 3.56. The summed E-state index contributed by atoms with van der Waals surface area (Å²) in [6.45, 7) is 0. The van der Waals surface area contributed by atoms with Crippen LogP contribution in [0.2, 0.25) is 0 Å². The average Bonchev–Trinajstić information content (AvgIpc) is 3.52. The highest BCUT2D eigenvalue weighted by atomic mass is 79.9. The number of halogens is 5. The predicted octanol–water partition coefficient (Wildman–Crippen LogP) is 6.78. The van der Waals surface area contributed by atoms with Gasteiger partial charge in [0.15, 0.2) is 5.69 Å². The summed E-state index contributed by atoms with van der Waals surface area (Å²) in [6, 6.07) is 12.4. The van der Waals surface area contributed by atoms with Crippen molar-refractivity contribution < 1.29 is 22.4 Å². The molecule has 1 atom stereocenters. The maximum Gasteiger partial charge on any atom is 0.435 e. The zero-order chi connectivity index (χ0) is 24.5. The van der Waals surface area contributed by atoms with Crippen LogP contribution in [0.4, 0.5) is 23.2 Å². The lowest BCUT2D eigenvalue weighted by molar-refractivity contribution is -0.141. The van der Waals surface area contributed by atoms with E-state index in [2.05, 4.69) is 26.3 Å². The number of anilines is 1. The monoisotopic (exact) mass is 534 g/mol. The number of rotatable bonds is 7. The molecule has 2 aromatic carbocycles. The molecular formula is C24H19BrF4N4O. The van der Waals surface area contributed by atoms with Crippen molar-refractivity contribution in [2.24, 2.45) is 5.92 Å². The van der Waals surface area contributed by atoms with Gasteiger partial charge in [-0.15, -0.1) is 0 Å². The van der Waals surface area contributed by atoms with Crippen LogP contribution in [0.1, 0.15) is 57.8 Å². The van der Waals surface area contributed by atoms with Crippen molar-refractivity contribution in [1.29, 1.82) is 5.26 Å². The first-order valence-electron chi connectivity index (χ1n) is 10.6. The van der Waals surface area contributed by atoms with E-state index in [-0.39, 0.29) is 21.8 Å². The van der Waals surface area contributed by atoms with Crippen molar-refractivity contribution in [2.45, 2.75) is 36.7 Å². The number of nitrogens with zero attached hydrogens (tertiary/aromatic N) is 3. The Kier molecular flexibility index (Phi) is 6.75. The number of nitriles is 1. The van der Waals surface area contributed by atoms with Crippen molar-refractivity contribution in [1.82, 2.24) is 9.78 Å². The maximum atomic E-state index is 14.5. The second kappa shape index (κ2) is 9.58. The van der Waals surface area contributed by atoms with E-state index in [0.29, 0.717) is 6.07 Å². The summed E-state index contributed by atoms with van der Waals surface area (Å²) in [4.78, 5) is 12.9. The van der Waals surface area contributed by atoms with E-state index in [0.717, 1.165) is 29.0 Å². The Bertz CT molecular complexity index is 1260. The van der Waals surface area contributed by atoms with Crippen LogP contribution in [0, 0.1) is 23.1 Å². The second-order valence-corrected chi connectivity index (χ2v) is 9.27. The number of amides is 1. The Labute approximate surface area is 201 Å². The summed E-state index contributed by atoms with van der Waals surface area (Å²) in [5.74, 6) is -0.958. The van der Waals surface area contributed by atoms with Crippen molar-refractivity contribution in [2.75, 3.05) is 5.32 Å². The highest BCUT2D eigenvalue weighted by molar-refractivity contribution is 9.09. The summed E-state index contributed by atoms with van der Waals surface area (Å²) in [6.07, 6.45) is -0.482. The molecule has 1 aromatic heterocycles. The standard InChI is InChI=1S/C24H19BrF4N4O/c25-18(8-6-14-4-5-14)16-7-9-19(26)20(11-16)31-23(34)21-12-22(24(27,28)29)32-33(21)17-3-1-2-15(10-17)13-30/h1-3,7,9-12,14,18H,4-6,8H2,(H,31,34). The lowest BCUT2D eigenvalue weighted by Crippen LogP contribution is -2.18. The number of nitrogens with one attached hydrogen (secondary N) is 1. The predicted molar refractivity (Wildman–Crippen MR) is 121 cm³/mol. The van der Waals surface area contributed by atoms with Gasteiger partial charge in [0.25, 0.3) is 5.91 Å². The molecule has 0 aliphatic heterocycles. The highest BCUT2D eigenvalue weighted by Gasteiger charge is 2.36. The Morgan fingerprint density at radius 1 is 1.24 bits per heavy atom. The van der Waals surface area contributed by atoms with Gasteiger partial charge in [-0.2, -0.15) is 23.5 Å². The van der Waals surface area contributed by atoms with E-state index in [1.807, 2.05) is 6.07 Å². The normalized spacial score (nSPS) is 14.5. The number of aromatic nitrogens is 2. The first-order valence-corrected chi connectivity index (χ1v) is 11.5. The van der Waals surface area contributed by atoms with Crippen LogP contribution < -0.4 is 5.32 Å². The van der Waals surface area contributed by atoms with Crippen molar-refractivity contribution in [3.63, 3.8) is 0 Å². The summed E-state index contributed by atoms with van der Waals surface area (Å²) in [5, 5.41) is 15.0. The first-order chi connectivity index (χ1) is 16.2. The molecule has 5 nitrogen and oxygen atoms in total. The summed E-state index contributed by atoms with van der Waals surface area (Å²) in [5.41, 5.74) is -0.851. The first kappa shape index (κ1) is 24.0. The van der Waals surface area contributed by atoms with E-state index in [4.69, 9.17) is 5.26 Å². The average molecular weight is 535 g/mol. The molecule has 1 aliphatic carbocycles. The van der Waals surface area contributed by atoms with Crippen LogP contribution >= 0.6 is 15.9 Å². The van der Waals surface area contributed by atoms with E-state index < -0.39 is 29.3 Å². The van der Waals surface area contributed by atoms with Gasteiger partial charge in [-0.3, -0.25) is 4.79 Å². The molecule has 1 fully saturated rings. The highest BCUT2D eigenvalue weighted by Crippen LogP contribution is 2.39. The number of hydrogen-bond donors (Lipinski definition) is 1. The van der Waals surface area contributed by atoms with Crippen molar-refractivity contribution in [3.05, 3.63) is 76.9 Å². The minimum absolute atomic E-state index is 0.0413. The van der Waals surface area contributed by atoms with Gasteiger partial charge in [0, 0.05) is 10.9 Å². The zero-order valence-corrected chi connectivity index (χ0v) is 19.3. The van der Waals surface area contributed by atoms with Crippen molar-refractivity contribution in [3.8, 4) is 11.8 Å². The Morgan fingerprint density at radius 3 is 2.68 bits per heavy atom. The molecular weight excluding hydrogens is 516 g/mol. The zero-order valence-electron chi connectivity index (χ0n) is 17.7. The number of carbonyl (C=O) groups excluding carboxylic acids is 1. The van der Waals surface area contributed by atoms with Gasteiger partial charge in [0.05, 0.1) is 23.0 Å². The fourth-order valence-corrected chi connectivity index (χ4v) is 4.11. The van der Waals surface area contributed by atoms with E-state index in [9.17, 15) is 22.4 Å². The van der Waals surface area contributed by atoms with Gasteiger partial charge in [0.2, 0.25) is 0 Å². The lowest BCUT2D eigenvalue weighted by Gasteiger charge is -2.13. The number of benzene rings is 2. The van der Waals surface area contributed by atoms with E-state index in [1.54, 1.807) is 6.07 Å². The maximum absolute atomic E-state index is 14.5.